The van der Waals surface area contributed by atoms with E-state index in [1.165, 1.54) is 0 Å². The van der Waals surface area contributed by atoms with Gasteiger partial charge in [-0.2, -0.15) is 19.9 Å². The Bertz CT molecular complexity index is 1070. The molecule has 3 N–H and O–H groups in total. The Kier molecular flexibility index (Phi) is 4.73. The molecule has 162 valence electrons. The van der Waals surface area contributed by atoms with E-state index in [0.717, 1.165) is 25.4 Å². The first-order chi connectivity index (χ1) is 14.9. The van der Waals surface area contributed by atoms with Gasteiger partial charge < -0.3 is 25.2 Å². The SMILES string of the molecule is CC(C)OC[C@@H]1[C@H]2CN(c3nc(-c4nc(N)nc(Nc5ccccc5)n4)no3)C[C@@]12C. The molecule has 10 heteroatoms. The van der Waals surface area contributed by atoms with E-state index in [1.807, 2.05) is 30.3 Å². The van der Waals surface area contributed by atoms with E-state index in [2.05, 4.69) is 56.1 Å². The summed E-state index contributed by atoms with van der Waals surface area (Å²) in [6.45, 7) is 9.00. The third-order valence-corrected chi connectivity index (χ3v) is 6.20. The lowest BCUT2D eigenvalue weighted by Gasteiger charge is -2.20. The normalized spacial score (nSPS) is 24.5. The van der Waals surface area contributed by atoms with Crippen LogP contribution in [-0.4, -0.2) is 50.9 Å². The van der Waals surface area contributed by atoms with E-state index in [9.17, 15) is 0 Å². The number of piperidine rings is 1. The summed E-state index contributed by atoms with van der Waals surface area (Å²) in [4.78, 5) is 19.3. The van der Waals surface area contributed by atoms with Crippen LogP contribution in [0.5, 0.6) is 0 Å². The largest absolute Gasteiger partial charge is 0.378 e. The summed E-state index contributed by atoms with van der Waals surface area (Å²) >= 11 is 0. The van der Waals surface area contributed by atoms with E-state index in [-0.39, 0.29) is 29.1 Å². The zero-order valence-electron chi connectivity index (χ0n) is 17.8. The predicted molar refractivity (Wildman–Crippen MR) is 116 cm³/mol. The Morgan fingerprint density at radius 3 is 2.71 bits per heavy atom. The predicted octanol–water partition coefficient (Wildman–Crippen LogP) is 2.74. The molecule has 5 rings (SSSR count). The minimum absolute atomic E-state index is 0.0812. The maximum absolute atomic E-state index is 5.87. The summed E-state index contributed by atoms with van der Waals surface area (Å²) in [7, 11) is 0. The molecule has 3 heterocycles. The topological polar surface area (TPSA) is 128 Å². The fourth-order valence-electron chi connectivity index (χ4n) is 4.43. The van der Waals surface area contributed by atoms with Crippen LogP contribution in [-0.2, 0) is 4.74 Å². The van der Waals surface area contributed by atoms with Crippen LogP contribution in [0.4, 0.5) is 23.6 Å². The van der Waals surface area contributed by atoms with Gasteiger partial charge in [0.1, 0.15) is 0 Å². The quantitative estimate of drug-likeness (QED) is 0.586. The molecule has 2 aromatic heterocycles. The highest BCUT2D eigenvalue weighted by atomic mass is 16.5. The molecule has 3 aromatic rings. The molecule has 1 saturated carbocycles. The Morgan fingerprint density at radius 2 is 2.00 bits per heavy atom. The highest BCUT2D eigenvalue weighted by Crippen LogP contribution is 2.63. The number of benzene rings is 1. The molecule has 1 saturated heterocycles. The van der Waals surface area contributed by atoms with Gasteiger partial charge in [-0.1, -0.05) is 30.3 Å². The maximum atomic E-state index is 5.87. The Labute approximate surface area is 180 Å². The molecular formula is C21H26N8O2. The maximum Gasteiger partial charge on any atom is 0.324 e. The molecule has 2 aliphatic rings. The van der Waals surface area contributed by atoms with Gasteiger partial charge in [0.25, 0.3) is 0 Å². The summed E-state index contributed by atoms with van der Waals surface area (Å²) in [5.74, 6) is 2.12. The number of nitrogens with zero attached hydrogens (tertiary/aromatic N) is 6. The number of nitrogens with two attached hydrogens (primary N) is 1. The van der Waals surface area contributed by atoms with Gasteiger partial charge >= 0.3 is 6.01 Å². The number of nitrogen functional groups attached to an aromatic ring is 1. The zero-order valence-corrected chi connectivity index (χ0v) is 17.8. The van der Waals surface area contributed by atoms with Crippen molar-refractivity contribution in [2.75, 3.05) is 35.6 Å². The van der Waals surface area contributed by atoms with Crippen LogP contribution in [0.15, 0.2) is 34.9 Å². The summed E-state index contributed by atoms with van der Waals surface area (Å²) in [5.41, 5.74) is 6.95. The summed E-state index contributed by atoms with van der Waals surface area (Å²) < 4.78 is 11.3. The lowest BCUT2D eigenvalue weighted by atomic mass is 10.1. The van der Waals surface area contributed by atoms with Crippen LogP contribution < -0.4 is 16.0 Å². The molecule has 31 heavy (non-hydrogen) atoms. The Balaban J connectivity index is 1.29. The number of ether oxygens (including phenoxy) is 1. The molecule has 1 aliphatic carbocycles. The molecule has 2 fully saturated rings. The number of fused-ring (bicyclic) bond motifs is 1. The van der Waals surface area contributed by atoms with Crippen LogP contribution in [0.1, 0.15) is 20.8 Å². The van der Waals surface area contributed by atoms with Gasteiger partial charge in [0.15, 0.2) is 0 Å². The van der Waals surface area contributed by atoms with Gasteiger partial charge in [0, 0.05) is 18.8 Å². The van der Waals surface area contributed by atoms with E-state index in [0.29, 0.717) is 23.8 Å². The lowest BCUT2D eigenvalue weighted by Crippen LogP contribution is -2.28. The second kappa shape index (κ2) is 7.45. The van der Waals surface area contributed by atoms with E-state index < -0.39 is 0 Å². The molecule has 0 unspecified atom stereocenters. The van der Waals surface area contributed by atoms with E-state index >= 15 is 0 Å². The first kappa shape index (κ1) is 19.7. The van der Waals surface area contributed by atoms with Gasteiger partial charge in [-0.15, -0.1) is 0 Å². The van der Waals surface area contributed by atoms with Crippen molar-refractivity contribution in [2.24, 2.45) is 17.3 Å². The second-order valence-corrected chi connectivity index (χ2v) is 8.71. The van der Waals surface area contributed by atoms with Crippen LogP contribution in [0.2, 0.25) is 0 Å². The van der Waals surface area contributed by atoms with Crippen molar-refractivity contribution in [1.82, 2.24) is 25.1 Å². The van der Waals surface area contributed by atoms with Crippen molar-refractivity contribution >= 4 is 23.6 Å². The third kappa shape index (κ3) is 3.78. The molecular weight excluding hydrogens is 396 g/mol. The molecule has 0 bridgehead atoms. The number of hydrogen-bond acceptors (Lipinski definition) is 10. The summed E-state index contributed by atoms with van der Waals surface area (Å²) in [6.07, 6.45) is 0.258. The zero-order chi connectivity index (χ0) is 21.6. The Hall–Kier alpha value is -3.27. The third-order valence-electron chi connectivity index (χ3n) is 6.20. The van der Waals surface area contributed by atoms with Crippen molar-refractivity contribution in [3.63, 3.8) is 0 Å². The molecule has 10 nitrogen and oxygen atoms in total. The first-order valence-corrected chi connectivity index (χ1v) is 10.5. The average Bonchev–Trinajstić information content (AvgIpc) is 3.11. The number of nitrogens with one attached hydrogen (secondary N) is 1. The number of para-hydroxylation sites is 1. The van der Waals surface area contributed by atoms with Crippen molar-refractivity contribution < 1.29 is 9.26 Å². The fourth-order valence-corrected chi connectivity index (χ4v) is 4.43. The van der Waals surface area contributed by atoms with Crippen molar-refractivity contribution in [3.05, 3.63) is 30.3 Å². The summed E-state index contributed by atoms with van der Waals surface area (Å²) in [6, 6.07) is 10.1. The first-order valence-electron chi connectivity index (χ1n) is 10.5. The van der Waals surface area contributed by atoms with Gasteiger partial charge in [-0.3, -0.25) is 0 Å². The van der Waals surface area contributed by atoms with Crippen LogP contribution in [0, 0.1) is 17.3 Å². The average molecular weight is 422 g/mol. The van der Waals surface area contributed by atoms with E-state index in [4.69, 9.17) is 15.0 Å². The van der Waals surface area contributed by atoms with Gasteiger partial charge in [-0.25, -0.2) is 0 Å². The van der Waals surface area contributed by atoms with Crippen LogP contribution in [0.3, 0.4) is 0 Å². The molecule has 3 atom stereocenters. The summed E-state index contributed by atoms with van der Waals surface area (Å²) in [5, 5.41) is 7.18. The monoisotopic (exact) mass is 422 g/mol. The lowest BCUT2D eigenvalue weighted by molar-refractivity contribution is 0.0617. The molecule has 0 spiro atoms. The molecule has 0 radical (unpaired) electrons. The molecule has 1 aliphatic heterocycles. The minimum Gasteiger partial charge on any atom is -0.378 e. The van der Waals surface area contributed by atoms with Crippen LogP contribution >= 0.6 is 0 Å². The van der Waals surface area contributed by atoms with Gasteiger partial charge in [0.2, 0.25) is 23.5 Å². The standard InChI is InChI=1S/C21H26N8O2/c1-12(2)30-10-15-14-9-29(11-21(14,15)3)20-26-17(28-31-20)16-24-18(22)27-19(25-16)23-13-7-5-4-6-8-13/h4-8,12,14-15H,9-11H2,1-3H3,(H3,22,23,24,25,27)/t14-,15-,21-/m1/s1. The van der Waals surface area contributed by atoms with Crippen molar-refractivity contribution in [2.45, 2.75) is 26.9 Å². The number of hydrogen-bond donors (Lipinski definition) is 2. The number of rotatable bonds is 7. The fraction of sp³-hybridized carbons (Fsp3) is 0.476. The van der Waals surface area contributed by atoms with Gasteiger partial charge in [0.05, 0.1) is 12.7 Å². The van der Waals surface area contributed by atoms with Crippen molar-refractivity contribution in [3.8, 4) is 11.6 Å². The van der Waals surface area contributed by atoms with Crippen LogP contribution in [0.25, 0.3) is 11.6 Å². The number of anilines is 4. The molecule has 0 amide bonds. The Morgan fingerprint density at radius 1 is 1.19 bits per heavy atom. The second-order valence-electron chi connectivity index (χ2n) is 8.71. The van der Waals surface area contributed by atoms with E-state index in [1.54, 1.807) is 0 Å². The number of aromatic nitrogens is 5. The smallest absolute Gasteiger partial charge is 0.324 e. The van der Waals surface area contributed by atoms with Gasteiger partial charge in [-0.05, 0) is 43.2 Å². The highest BCUT2D eigenvalue weighted by molar-refractivity contribution is 5.57. The minimum atomic E-state index is 0.0812. The van der Waals surface area contributed by atoms with Crippen molar-refractivity contribution in [1.29, 1.82) is 0 Å². The highest BCUT2D eigenvalue weighted by Gasteiger charge is 2.66. The molecule has 1 aromatic carbocycles.